The molecule has 0 heterocycles. The summed E-state index contributed by atoms with van der Waals surface area (Å²) in [5.41, 5.74) is 6.46. The molecule has 0 aliphatic heterocycles. The van der Waals surface area contributed by atoms with Gasteiger partial charge in [0.05, 0.1) is 0 Å². The van der Waals surface area contributed by atoms with Crippen LogP contribution in [-0.2, 0) is 0 Å². The van der Waals surface area contributed by atoms with Gasteiger partial charge in [0.2, 0.25) is 0 Å². The lowest BCUT2D eigenvalue weighted by molar-refractivity contribution is 0.000740. The molecule has 17 heavy (non-hydrogen) atoms. The zero-order chi connectivity index (χ0) is 12.5. The highest BCUT2D eigenvalue weighted by atomic mass is 15.2. The second kappa shape index (κ2) is 5.27. The molecule has 0 aromatic rings. The van der Waals surface area contributed by atoms with Crippen LogP contribution in [0.3, 0.4) is 0 Å². The van der Waals surface area contributed by atoms with E-state index < -0.39 is 0 Å². The van der Waals surface area contributed by atoms with Crippen molar-refractivity contribution >= 4 is 0 Å². The number of nitrogens with zero attached hydrogens (tertiary/aromatic N) is 1. The zero-order valence-corrected chi connectivity index (χ0v) is 11.9. The van der Waals surface area contributed by atoms with Crippen LogP contribution in [-0.4, -0.2) is 30.6 Å². The van der Waals surface area contributed by atoms with Crippen molar-refractivity contribution in [1.82, 2.24) is 4.90 Å². The molecule has 0 spiro atoms. The van der Waals surface area contributed by atoms with E-state index in [2.05, 4.69) is 25.8 Å². The van der Waals surface area contributed by atoms with Gasteiger partial charge in [-0.25, -0.2) is 0 Å². The van der Waals surface area contributed by atoms with E-state index in [-0.39, 0.29) is 0 Å². The Bertz CT molecular complexity index is 249. The van der Waals surface area contributed by atoms with Gasteiger partial charge in [0, 0.05) is 18.6 Å². The van der Waals surface area contributed by atoms with E-state index in [9.17, 15) is 0 Å². The van der Waals surface area contributed by atoms with Crippen LogP contribution in [0.1, 0.15) is 52.4 Å². The van der Waals surface area contributed by atoms with E-state index in [1.807, 2.05) is 0 Å². The Hall–Kier alpha value is -0.0800. The highest BCUT2D eigenvalue weighted by Crippen LogP contribution is 2.41. The van der Waals surface area contributed by atoms with Crippen molar-refractivity contribution in [3.05, 3.63) is 0 Å². The van der Waals surface area contributed by atoms with Gasteiger partial charge in [-0.3, -0.25) is 4.90 Å². The lowest BCUT2D eigenvalue weighted by Crippen LogP contribution is -2.59. The molecule has 2 heteroatoms. The molecule has 0 bridgehead atoms. The molecule has 2 rings (SSSR count). The monoisotopic (exact) mass is 238 g/mol. The molecule has 2 nitrogen and oxygen atoms in total. The summed E-state index contributed by atoms with van der Waals surface area (Å²) in [5.74, 6) is 2.60. The summed E-state index contributed by atoms with van der Waals surface area (Å²) < 4.78 is 0. The van der Waals surface area contributed by atoms with Gasteiger partial charge in [-0.2, -0.15) is 0 Å². The van der Waals surface area contributed by atoms with Gasteiger partial charge in [0.25, 0.3) is 0 Å². The molecule has 2 aliphatic rings. The van der Waals surface area contributed by atoms with Crippen molar-refractivity contribution in [3.63, 3.8) is 0 Å². The van der Waals surface area contributed by atoms with Crippen LogP contribution in [0.2, 0.25) is 0 Å². The van der Waals surface area contributed by atoms with Gasteiger partial charge >= 0.3 is 0 Å². The van der Waals surface area contributed by atoms with Crippen LogP contribution in [0, 0.1) is 17.8 Å². The molecular weight excluding hydrogens is 208 g/mol. The summed E-state index contributed by atoms with van der Waals surface area (Å²) in [6.07, 6.45) is 8.34. The van der Waals surface area contributed by atoms with Gasteiger partial charge in [-0.05, 0) is 56.9 Å². The van der Waals surface area contributed by atoms with Crippen molar-refractivity contribution in [2.24, 2.45) is 23.5 Å². The van der Waals surface area contributed by atoms with Gasteiger partial charge in [0.15, 0.2) is 0 Å². The minimum atomic E-state index is 0.294. The number of likely N-dealkylation sites (N-methyl/N-ethyl adjacent to an activating group) is 1. The van der Waals surface area contributed by atoms with Crippen molar-refractivity contribution < 1.29 is 0 Å². The van der Waals surface area contributed by atoms with Crippen molar-refractivity contribution in [3.8, 4) is 0 Å². The maximum Gasteiger partial charge on any atom is 0.0354 e. The average Bonchev–Trinajstić information content (AvgIpc) is 2.24. The fourth-order valence-electron chi connectivity index (χ4n) is 3.95. The first-order chi connectivity index (χ1) is 8.08. The smallest absolute Gasteiger partial charge is 0.0354 e. The third-order valence-electron chi connectivity index (χ3n) is 5.61. The standard InChI is InChI=1S/C15H30N2/c1-12-7-8-15(11-16,13(2)9-12)17(3)10-14-5-4-6-14/h12-14H,4-11,16H2,1-3H3. The first-order valence-corrected chi connectivity index (χ1v) is 7.50. The fourth-order valence-corrected chi connectivity index (χ4v) is 3.95. The van der Waals surface area contributed by atoms with Crippen molar-refractivity contribution in [2.75, 3.05) is 20.1 Å². The molecule has 2 fully saturated rings. The summed E-state index contributed by atoms with van der Waals surface area (Å²) in [6, 6.07) is 0. The Balaban J connectivity index is 2.01. The maximum atomic E-state index is 6.17. The number of hydrogen-bond acceptors (Lipinski definition) is 2. The first kappa shape index (κ1) is 13.4. The summed E-state index contributed by atoms with van der Waals surface area (Å²) in [6.45, 7) is 6.92. The molecule has 0 aromatic heterocycles. The lowest BCUT2D eigenvalue weighted by Gasteiger charge is -2.51. The third-order valence-corrected chi connectivity index (χ3v) is 5.61. The van der Waals surface area contributed by atoms with E-state index in [0.717, 1.165) is 24.3 Å². The molecule has 3 unspecified atom stereocenters. The molecule has 0 amide bonds. The number of rotatable bonds is 4. The van der Waals surface area contributed by atoms with Crippen LogP contribution in [0.4, 0.5) is 0 Å². The maximum absolute atomic E-state index is 6.17. The zero-order valence-electron chi connectivity index (χ0n) is 11.9. The van der Waals surface area contributed by atoms with Gasteiger partial charge in [-0.1, -0.05) is 20.3 Å². The summed E-state index contributed by atoms with van der Waals surface area (Å²) in [5, 5.41) is 0. The largest absolute Gasteiger partial charge is 0.329 e. The molecule has 0 saturated heterocycles. The second-order valence-electron chi connectivity index (χ2n) is 6.77. The Morgan fingerprint density at radius 1 is 1.24 bits per heavy atom. The summed E-state index contributed by atoms with van der Waals surface area (Å²) in [7, 11) is 2.32. The van der Waals surface area contributed by atoms with Crippen LogP contribution >= 0.6 is 0 Å². The van der Waals surface area contributed by atoms with E-state index in [1.165, 1.54) is 45.1 Å². The second-order valence-corrected chi connectivity index (χ2v) is 6.77. The fraction of sp³-hybridized carbons (Fsp3) is 1.00. The molecule has 2 N–H and O–H groups in total. The summed E-state index contributed by atoms with van der Waals surface area (Å²) in [4.78, 5) is 2.62. The quantitative estimate of drug-likeness (QED) is 0.816. The van der Waals surface area contributed by atoms with Crippen molar-refractivity contribution in [1.29, 1.82) is 0 Å². The van der Waals surface area contributed by atoms with E-state index >= 15 is 0 Å². The molecular formula is C15H30N2. The first-order valence-electron chi connectivity index (χ1n) is 7.50. The summed E-state index contributed by atoms with van der Waals surface area (Å²) >= 11 is 0. The van der Waals surface area contributed by atoms with Gasteiger partial charge in [0.1, 0.15) is 0 Å². The minimum absolute atomic E-state index is 0.294. The predicted octanol–water partition coefficient (Wildman–Crippen LogP) is 2.87. The van der Waals surface area contributed by atoms with E-state index in [4.69, 9.17) is 5.73 Å². The van der Waals surface area contributed by atoms with Crippen LogP contribution in [0.25, 0.3) is 0 Å². The molecule has 0 aromatic carbocycles. The highest BCUT2D eigenvalue weighted by molar-refractivity contribution is 4.99. The van der Waals surface area contributed by atoms with E-state index in [1.54, 1.807) is 0 Å². The van der Waals surface area contributed by atoms with Gasteiger partial charge < -0.3 is 5.73 Å². The predicted molar refractivity (Wildman–Crippen MR) is 73.9 cm³/mol. The minimum Gasteiger partial charge on any atom is -0.329 e. The third kappa shape index (κ3) is 2.53. The normalized spacial score (nSPS) is 39.4. The number of hydrogen-bond donors (Lipinski definition) is 1. The Morgan fingerprint density at radius 2 is 1.94 bits per heavy atom. The van der Waals surface area contributed by atoms with Crippen LogP contribution in [0.15, 0.2) is 0 Å². The SMILES string of the molecule is CC1CCC(CN)(N(C)CC2CCC2)C(C)C1. The Labute approximate surface area is 107 Å². The molecule has 100 valence electrons. The van der Waals surface area contributed by atoms with Crippen LogP contribution in [0.5, 0.6) is 0 Å². The lowest BCUT2D eigenvalue weighted by atomic mass is 9.68. The number of nitrogens with two attached hydrogens (primary N) is 1. The van der Waals surface area contributed by atoms with Crippen LogP contribution < -0.4 is 5.73 Å². The average molecular weight is 238 g/mol. The van der Waals surface area contributed by atoms with Gasteiger partial charge in [-0.15, -0.1) is 0 Å². The molecule has 0 radical (unpaired) electrons. The molecule has 2 aliphatic carbocycles. The molecule has 2 saturated carbocycles. The highest BCUT2D eigenvalue weighted by Gasteiger charge is 2.42. The Kier molecular flexibility index (Phi) is 4.14. The van der Waals surface area contributed by atoms with Crippen molar-refractivity contribution in [2.45, 2.75) is 57.9 Å². The topological polar surface area (TPSA) is 29.3 Å². The Morgan fingerprint density at radius 3 is 2.41 bits per heavy atom. The van der Waals surface area contributed by atoms with E-state index in [0.29, 0.717) is 5.54 Å². The molecule has 3 atom stereocenters.